The Morgan fingerprint density at radius 2 is 1.56 bits per heavy atom. The molecule has 5 atom stereocenters. The summed E-state index contributed by atoms with van der Waals surface area (Å²) in [6.07, 6.45) is 10.6. The molecule has 5 unspecified atom stereocenters. The molecule has 1 nitrogen and oxygen atoms in total. The smallest absolute Gasteiger partial charge is 0.00985 e. The molecule has 18 heavy (non-hydrogen) atoms. The monoisotopic (exact) mass is 245 g/mol. The molecule has 0 aliphatic heterocycles. The van der Waals surface area contributed by atoms with Gasteiger partial charge in [0.05, 0.1) is 0 Å². The minimum absolute atomic E-state index is 0.514. The van der Waals surface area contributed by atoms with Gasteiger partial charge in [-0.15, -0.1) is 0 Å². The van der Waals surface area contributed by atoms with Crippen LogP contribution in [0, 0.1) is 46.8 Å². The molecule has 0 radical (unpaired) electrons. The predicted molar refractivity (Wildman–Crippen MR) is 72.8 cm³/mol. The normalized spacial score (nSPS) is 64.7. The summed E-state index contributed by atoms with van der Waals surface area (Å²) in [5, 5.41) is 0. The maximum atomic E-state index is 6.72. The van der Waals surface area contributed by atoms with Crippen LogP contribution in [0.4, 0.5) is 0 Å². The van der Waals surface area contributed by atoms with Crippen molar-refractivity contribution in [3.05, 3.63) is 0 Å². The minimum atomic E-state index is 0.514. The van der Waals surface area contributed by atoms with E-state index in [9.17, 15) is 0 Å². The second-order valence-electron chi connectivity index (χ2n) is 8.45. The summed E-state index contributed by atoms with van der Waals surface area (Å²) in [6, 6.07) is 0.514. The average molecular weight is 245 g/mol. The van der Waals surface area contributed by atoms with E-state index < -0.39 is 0 Å². The van der Waals surface area contributed by atoms with Crippen LogP contribution >= 0.6 is 0 Å². The molecule has 7 aliphatic rings. The SMILES string of the molecule is CCC(N)C12CC3CC4C5CC(CC41)CC2C5C3. The van der Waals surface area contributed by atoms with Gasteiger partial charge in [0.1, 0.15) is 0 Å². The van der Waals surface area contributed by atoms with Crippen molar-refractivity contribution < 1.29 is 0 Å². The summed E-state index contributed by atoms with van der Waals surface area (Å²) in [4.78, 5) is 0. The topological polar surface area (TPSA) is 26.0 Å². The highest BCUT2D eigenvalue weighted by Gasteiger charge is 2.70. The van der Waals surface area contributed by atoms with Crippen LogP contribution < -0.4 is 5.73 Å². The molecule has 100 valence electrons. The third-order valence-electron chi connectivity index (χ3n) is 8.28. The molecule has 0 saturated heterocycles. The third kappa shape index (κ3) is 0.961. The molecule has 1 heteroatoms. The van der Waals surface area contributed by atoms with Crippen LogP contribution in [-0.4, -0.2) is 6.04 Å². The van der Waals surface area contributed by atoms with E-state index in [4.69, 9.17) is 5.73 Å². The van der Waals surface area contributed by atoms with Gasteiger partial charge in [0.15, 0.2) is 0 Å². The Morgan fingerprint density at radius 3 is 2.17 bits per heavy atom. The lowest BCUT2D eigenvalue weighted by atomic mass is 9.29. The van der Waals surface area contributed by atoms with Gasteiger partial charge in [-0.1, -0.05) is 6.92 Å². The molecule has 8 bridgehead atoms. The van der Waals surface area contributed by atoms with E-state index in [1.54, 1.807) is 32.1 Å². The van der Waals surface area contributed by atoms with Gasteiger partial charge < -0.3 is 5.73 Å². The molecule has 0 spiro atoms. The quantitative estimate of drug-likeness (QED) is 0.792. The molecule has 0 heterocycles. The van der Waals surface area contributed by atoms with Crippen molar-refractivity contribution in [2.75, 3.05) is 0 Å². The second-order valence-corrected chi connectivity index (χ2v) is 8.45. The van der Waals surface area contributed by atoms with Crippen molar-refractivity contribution in [1.29, 1.82) is 0 Å². The molecule has 0 aromatic carbocycles. The minimum Gasteiger partial charge on any atom is -0.327 e. The first-order valence-electron chi connectivity index (χ1n) is 8.49. The molecule has 7 aliphatic carbocycles. The fourth-order valence-corrected chi connectivity index (χ4v) is 8.11. The number of rotatable bonds is 2. The third-order valence-corrected chi connectivity index (χ3v) is 8.28. The standard InChI is InChI=1S/C17H27N/c1-2-16(18)17-8-10-4-12-11-3-9(6-14(12)17)7-15(17)13(11)5-10/h9-16H,2-8,18H2,1H3. The zero-order valence-corrected chi connectivity index (χ0v) is 11.6. The van der Waals surface area contributed by atoms with E-state index >= 15 is 0 Å². The summed E-state index contributed by atoms with van der Waals surface area (Å²) in [5.74, 6) is 7.60. The predicted octanol–water partition coefficient (Wildman–Crippen LogP) is 3.43. The fourth-order valence-electron chi connectivity index (χ4n) is 8.11. The first-order valence-corrected chi connectivity index (χ1v) is 8.49. The van der Waals surface area contributed by atoms with Gasteiger partial charge in [-0.2, -0.15) is 0 Å². The second kappa shape index (κ2) is 3.16. The Morgan fingerprint density at radius 1 is 0.944 bits per heavy atom. The lowest BCUT2D eigenvalue weighted by molar-refractivity contribution is -0.262. The lowest BCUT2D eigenvalue weighted by Crippen LogP contribution is -2.71. The van der Waals surface area contributed by atoms with Crippen LogP contribution in [0.25, 0.3) is 0 Å². The van der Waals surface area contributed by atoms with Crippen LogP contribution in [0.5, 0.6) is 0 Å². The molecular weight excluding hydrogens is 218 g/mol. The van der Waals surface area contributed by atoms with Gasteiger partial charge in [-0.05, 0) is 91.8 Å². The fraction of sp³-hybridized carbons (Fsp3) is 1.00. The highest BCUT2D eigenvalue weighted by Crippen LogP contribution is 2.76. The van der Waals surface area contributed by atoms with Crippen LogP contribution in [0.3, 0.4) is 0 Å². The molecular formula is C17H27N. The summed E-state index contributed by atoms with van der Waals surface area (Å²) >= 11 is 0. The van der Waals surface area contributed by atoms with Crippen LogP contribution in [0.1, 0.15) is 51.9 Å². The number of hydrogen-bond acceptors (Lipinski definition) is 1. The Bertz CT molecular complexity index is 365. The molecule has 7 fully saturated rings. The molecule has 7 saturated carbocycles. The van der Waals surface area contributed by atoms with Crippen molar-refractivity contribution in [3.8, 4) is 0 Å². The van der Waals surface area contributed by atoms with E-state index in [0.717, 1.165) is 41.4 Å². The van der Waals surface area contributed by atoms with Crippen molar-refractivity contribution in [2.45, 2.75) is 57.9 Å². The molecule has 0 aromatic heterocycles. The van der Waals surface area contributed by atoms with Crippen molar-refractivity contribution in [3.63, 3.8) is 0 Å². The highest BCUT2D eigenvalue weighted by atomic mass is 14.8. The summed E-state index contributed by atoms with van der Waals surface area (Å²) < 4.78 is 0. The molecule has 2 N–H and O–H groups in total. The van der Waals surface area contributed by atoms with E-state index in [-0.39, 0.29) is 0 Å². The largest absolute Gasteiger partial charge is 0.327 e. The van der Waals surface area contributed by atoms with Gasteiger partial charge in [-0.25, -0.2) is 0 Å². The van der Waals surface area contributed by atoms with E-state index in [0.29, 0.717) is 11.5 Å². The van der Waals surface area contributed by atoms with Gasteiger partial charge in [-0.3, -0.25) is 0 Å². The van der Waals surface area contributed by atoms with Gasteiger partial charge >= 0.3 is 0 Å². The van der Waals surface area contributed by atoms with Crippen LogP contribution in [0.15, 0.2) is 0 Å². The summed E-state index contributed by atoms with van der Waals surface area (Å²) in [5.41, 5.74) is 7.33. The number of hydrogen-bond donors (Lipinski definition) is 1. The molecule has 0 amide bonds. The van der Waals surface area contributed by atoms with Gasteiger partial charge in [0.2, 0.25) is 0 Å². The first kappa shape index (κ1) is 10.7. The Hall–Kier alpha value is -0.0400. The lowest BCUT2D eigenvalue weighted by Gasteiger charge is -2.76. The van der Waals surface area contributed by atoms with E-state index in [2.05, 4.69) is 6.92 Å². The number of nitrogens with two attached hydrogens (primary N) is 1. The first-order chi connectivity index (χ1) is 8.74. The zero-order chi connectivity index (χ0) is 12.1. The highest BCUT2D eigenvalue weighted by molar-refractivity contribution is 5.20. The summed E-state index contributed by atoms with van der Waals surface area (Å²) in [6.45, 7) is 2.33. The molecule has 7 rings (SSSR count). The van der Waals surface area contributed by atoms with E-state index in [1.165, 1.54) is 12.8 Å². The van der Waals surface area contributed by atoms with Crippen molar-refractivity contribution in [1.82, 2.24) is 0 Å². The van der Waals surface area contributed by atoms with Gasteiger partial charge in [0.25, 0.3) is 0 Å². The van der Waals surface area contributed by atoms with Crippen LogP contribution in [-0.2, 0) is 0 Å². The Balaban J connectivity index is 1.67. The Kier molecular flexibility index (Phi) is 1.88. The average Bonchev–Trinajstić information content (AvgIpc) is 2.42. The van der Waals surface area contributed by atoms with Crippen molar-refractivity contribution >= 4 is 0 Å². The Labute approximate surface area is 111 Å². The zero-order valence-electron chi connectivity index (χ0n) is 11.6. The van der Waals surface area contributed by atoms with Gasteiger partial charge in [0, 0.05) is 6.04 Å². The summed E-state index contributed by atoms with van der Waals surface area (Å²) in [7, 11) is 0. The maximum Gasteiger partial charge on any atom is 0.00985 e. The molecule has 0 aromatic rings. The van der Waals surface area contributed by atoms with E-state index in [1.807, 2.05) is 0 Å². The maximum absolute atomic E-state index is 6.72. The van der Waals surface area contributed by atoms with Crippen molar-refractivity contribution in [2.24, 2.45) is 52.6 Å². The van der Waals surface area contributed by atoms with Crippen LogP contribution in [0.2, 0.25) is 0 Å².